The molecule has 2 heterocycles. The third-order valence-corrected chi connectivity index (χ3v) is 8.22. The number of rotatable bonds is 13. The first-order chi connectivity index (χ1) is 21.1. The number of anilines is 1. The fraction of sp³-hybridized carbons (Fsp3) is 0.400. The Balaban J connectivity index is 0.953. The number of amides is 3. The number of carbonyl (C=O) groups is 3. The highest BCUT2D eigenvalue weighted by molar-refractivity contribution is 5.97. The molecule has 1 saturated heterocycles. The molecule has 1 fully saturated rings. The summed E-state index contributed by atoms with van der Waals surface area (Å²) in [4.78, 5) is 41.8. The quantitative estimate of drug-likeness (QED) is 0.285. The van der Waals surface area contributed by atoms with Crippen molar-refractivity contribution in [3.63, 3.8) is 0 Å². The highest BCUT2D eigenvalue weighted by atomic mass is 16.5. The SMILES string of the molecule is O=C(CNCc1ccccc1)NCCCCCOc1ccc(C(=O)N2CCC(N3C(=O)CCc4ccccc43)CC2)cc1. The molecule has 226 valence electrons. The number of aryl methyl sites for hydroxylation is 1. The van der Waals surface area contributed by atoms with Crippen LogP contribution in [0.15, 0.2) is 78.9 Å². The Morgan fingerprint density at radius 2 is 1.58 bits per heavy atom. The maximum atomic E-state index is 13.2. The summed E-state index contributed by atoms with van der Waals surface area (Å²) in [7, 11) is 0. The van der Waals surface area contributed by atoms with E-state index >= 15 is 0 Å². The minimum atomic E-state index is 0.00839. The van der Waals surface area contributed by atoms with Crippen molar-refractivity contribution in [2.45, 2.75) is 57.5 Å². The Labute approximate surface area is 254 Å². The van der Waals surface area contributed by atoms with Crippen LogP contribution in [0.2, 0.25) is 0 Å². The summed E-state index contributed by atoms with van der Waals surface area (Å²) in [5.74, 6) is 0.964. The number of unbranched alkanes of at least 4 members (excludes halogenated alkanes) is 2. The van der Waals surface area contributed by atoms with E-state index in [0.29, 0.717) is 51.3 Å². The number of likely N-dealkylation sites (tertiary alicyclic amines) is 1. The van der Waals surface area contributed by atoms with Gasteiger partial charge >= 0.3 is 0 Å². The van der Waals surface area contributed by atoms with Crippen molar-refractivity contribution in [1.82, 2.24) is 15.5 Å². The summed E-state index contributed by atoms with van der Waals surface area (Å²) in [6.07, 6.45) is 5.66. The molecule has 3 amide bonds. The summed E-state index contributed by atoms with van der Waals surface area (Å²) >= 11 is 0. The molecule has 2 aliphatic heterocycles. The van der Waals surface area contributed by atoms with Crippen LogP contribution in [0.25, 0.3) is 0 Å². The third kappa shape index (κ3) is 8.45. The Morgan fingerprint density at radius 1 is 0.837 bits per heavy atom. The van der Waals surface area contributed by atoms with Gasteiger partial charge in [0.25, 0.3) is 5.91 Å². The predicted molar refractivity (Wildman–Crippen MR) is 168 cm³/mol. The van der Waals surface area contributed by atoms with E-state index in [1.54, 1.807) is 0 Å². The van der Waals surface area contributed by atoms with Gasteiger partial charge in [-0.05, 0) is 80.0 Å². The first-order valence-corrected chi connectivity index (χ1v) is 15.5. The van der Waals surface area contributed by atoms with Gasteiger partial charge in [-0.15, -0.1) is 0 Å². The minimum absolute atomic E-state index is 0.00839. The topological polar surface area (TPSA) is 91.0 Å². The van der Waals surface area contributed by atoms with Gasteiger partial charge in [0.2, 0.25) is 11.8 Å². The van der Waals surface area contributed by atoms with Gasteiger partial charge in [-0.1, -0.05) is 48.5 Å². The van der Waals surface area contributed by atoms with Crippen LogP contribution in [0.4, 0.5) is 5.69 Å². The van der Waals surface area contributed by atoms with E-state index in [0.717, 1.165) is 55.5 Å². The van der Waals surface area contributed by atoms with Crippen molar-refractivity contribution >= 4 is 23.4 Å². The zero-order valence-electron chi connectivity index (χ0n) is 24.8. The monoisotopic (exact) mass is 582 g/mol. The van der Waals surface area contributed by atoms with Gasteiger partial charge in [-0.2, -0.15) is 0 Å². The molecule has 43 heavy (non-hydrogen) atoms. The number of nitrogens with one attached hydrogen (secondary N) is 2. The molecule has 0 unspecified atom stereocenters. The smallest absolute Gasteiger partial charge is 0.253 e. The summed E-state index contributed by atoms with van der Waals surface area (Å²) in [6.45, 7) is 3.50. The lowest BCUT2D eigenvalue weighted by molar-refractivity contribution is -0.120. The number of benzene rings is 3. The molecule has 0 radical (unpaired) electrons. The van der Waals surface area contributed by atoms with Gasteiger partial charge in [0, 0.05) is 49.9 Å². The van der Waals surface area contributed by atoms with Gasteiger partial charge in [0.05, 0.1) is 13.2 Å². The first-order valence-electron chi connectivity index (χ1n) is 15.5. The lowest BCUT2D eigenvalue weighted by Gasteiger charge is -2.41. The number of carbonyl (C=O) groups excluding carboxylic acids is 3. The highest BCUT2D eigenvalue weighted by Gasteiger charge is 2.33. The molecule has 8 heteroatoms. The van der Waals surface area contributed by atoms with Gasteiger partial charge in [-0.3, -0.25) is 14.4 Å². The molecular formula is C35H42N4O4. The normalized spacial score (nSPS) is 15.2. The molecule has 0 atom stereocenters. The van der Waals surface area contributed by atoms with Crippen LogP contribution in [0.3, 0.4) is 0 Å². The number of hydrogen-bond acceptors (Lipinski definition) is 5. The van der Waals surface area contributed by atoms with Crippen LogP contribution < -0.4 is 20.3 Å². The Hall–Kier alpha value is -4.17. The predicted octanol–water partition coefficient (Wildman–Crippen LogP) is 4.73. The van der Waals surface area contributed by atoms with Crippen LogP contribution >= 0.6 is 0 Å². The molecule has 3 aromatic rings. The molecule has 0 saturated carbocycles. The summed E-state index contributed by atoms with van der Waals surface area (Å²) in [6, 6.07) is 25.7. The highest BCUT2D eigenvalue weighted by Crippen LogP contribution is 2.32. The van der Waals surface area contributed by atoms with Gasteiger partial charge in [0.1, 0.15) is 5.75 Å². The van der Waals surface area contributed by atoms with Gasteiger partial charge < -0.3 is 25.2 Å². The number of hydrogen-bond donors (Lipinski definition) is 2. The van der Waals surface area contributed by atoms with Crippen molar-refractivity contribution in [1.29, 1.82) is 0 Å². The fourth-order valence-corrected chi connectivity index (χ4v) is 5.86. The third-order valence-electron chi connectivity index (χ3n) is 8.22. The van der Waals surface area contributed by atoms with Crippen LogP contribution in [0.1, 0.15) is 60.0 Å². The van der Waals surface area contributed by atoms with E-state index < -0.39 is 0 Å². The van der Waals surface area contributed by atoms with Crippen LogP contribution in [-0.2, 0) is 22.6 Å². The van der Waals surface area contributed by atoms with E-state index in [4.69, 9.17) is 4.74 Å². The average molecular weight is 583 g/mol. The maximum absolute atomic E-state index is 13.2. The van der Waals surface area contributed by atoms with Crippen LogP contribution in [0.5, 0.6) is 5.75 Å². The van der Waals surface area contributed by atoms with E-state index in [1.807, 2.05) is 82.6 Å². The molecule has 0 spiro atoms. The second-order valence-corrected chi connectivity index (χ2v) is 11.3. The fourth-order valence-electron chi connectivity index (χ4n) is 5.86. The summed E-state index contributed by atoms with van der Waals surface area (Å²) < 4.78 is 5.87. The van der Waals surface area contributed by atoms with Crippen molar-refractivity contribution in [3.8, 4) is 5.75 Å². The second-order valence-electron chi connectivity index (χ2n) is 11.3. The number of nitrogens with zero attached hydrogens (tertiary/aromatic N) is 2. The number of piperidine rings is 1. The Morgan fingerprint density at radius 3 is 2.37 bits per heavy atom. The van der Waals surface area contributed by atoms with Gasteiger partial charge in [-0.25, -0.2) is 0 Å². The van der Waals surface area contributed by atoms with Crippen molar-refractivity contribution in [3.05, 3.63) is 95.6 Å². The molecule has 0 bridgehead atoms. The Kier molecular flexibility index (Phi) is 10.8. The largest absolute Gasteiger partial charge is 0.494 e. The second kappa shape index (κ2) is 15.3. The van der Waals surface area contributed by atoms with Crippen molar-refractivity contribution in [2.75, 3.05) is 37.7 Å². The molecule has 2 aliphatic rings. The molecule has 3 aromatic carbocycles. The standard InChI is InChI=1S/C35H42N4O4/c40-33(26-36-25-27-9-3-1-4-10-27)37-21-7-2-8-24-43-31-16-13-29(14-17-31)35(42)38-22-19-30(20-23-38)39-32-12-6-5-11-28(32)15-18-34(39)41/h1,3-6,9-14,16-17,30,36H,2,7-8,15,18-26H2,(H,37,40). The zero-order valence-corrected chi connectivity index (χ0v) is 24.8. The van der Waals surface area contributed by atoms with Crippen LogP contribution in [0, 0.1) is 0 Å². The number of para-hydroxylation sites is 1. The summed E-state index contributed by atoms with van der Waals surface area (Å²) in [5.41, 5.74) is 4.08. The molecule has 2 N–H and O–H groups in total. The number of fused-ring (bicyclic) bond motifs is 1. The van der Waals surface area contributed by atoms with Gasteiger partial charge in [0.15, 0.2) is 0 Å². The lowest BCUT2D eigenvalue weighted by atomic mass is 9.95. The molecular weight excluding hydrogens is 540 g/mol. The molecule has 0 aliphatic carbocycles. The molecule has 8 nitrogen and oxygen atoms in total. The maximum Gasteiger partial charge on any atom is 0.253 e. The number of ether oxygens (including phenoxy) is 1. The van der Waals surface area contributed by atoms with Crippen LogP contribution in [-0.4, -0.2) is 61.4 Å². The Bertz CT molecular complexity index is 1350. The van der Waals surface area contributed by atoms with Crippen molar-refractivity contribution < 1.29 is 19.1 Å². The molecule has 0 aromatic heterocycles. The average Bonchev–Trinajstić information content (AvgIpc) is 3.05. The molecule has 5 rings (SSSR count). The van der Waals surface area contributed by atoms with E-state index in [2.05, 4.69) is 16.7 Å². The van der Waals surface area contributed by atoms with Crippen molar-refractivity contribution in [2.24, 2.45) is 0 Å². The summed E-state index contributed by atoms with van der Waals surface area (Å²) in [5, 5.41) is 6.11. The minimum Gasteiger partial charge on any atom is -0.494 e. The van der Waals surface area contributed by atoms with E-state index in [-0.39, 0.29) is 23.8 Å². The van der Waals surface area contributed by atoms with E-state index in [9.17, 15) is 14.4 Å². The zero-order chi connectivity index (χ0) is 29.9. The van der Waals surface area contributed by atoms with E-state index in [1.165, 1.54) is 5.56 Å². The lowest BCUT2D eigenvalue weighted by Crippen LogP contribution is -2.50. The first kappa shape index (κ1) is 30.3.